The van der Waals surface area contributed by atoms with E-state index in [1.807, 2.05) is 66.8 Å². The fourth-order valence-electron chi connectivity index (χ4n) is 5.18. The standard InChI is InChI=1S/C39H40N2O4/c1-4-7-23-41(24-8-5-2)33-20-22-35-34(6-3)36(39(44)45-37(35)26-33)21-19-30-13-11-28(12-14-30)9-10-29-15-17-31(18-16-29)25-32(27-40)38(42)43/h9-22,25-26H,4-8,23-24H2,1-3H3,(H,42,43)/b10-9+,21-19+,32-25?. The number of fused-ring (bicyclic) bond motifs is 1. The largest absolute Gasteiger partial charge is 0.477 e. The zero-order chi connectivity index (χ0) is 32.2. The van der Waals surface area contributed by atoms with Crippen molar-refractivity contribution in [3.8, 4) is 6.07 Å². The molecule has 3 aromatic carbocycles. The Bertz CT molecular complexity index is 1800. The predicted molar refractivity (Wildman–Crippen MR) is 186 cm³/mol. The van der Waals surface area contributed by atoms with Gasteiger partial charge in [0.1, 0.15) is 17.2 Å². The summed E-state index contributed by atoms with van der Waals surface area (Å²) in [5.74, 6) is -1.24. The van der Waals surface area contributed by atoms with Crippen LogP contribution >= 0.6 is 0 Å². The summed E-state index contributed by atoms with van der Waals surface area (Å²) in [6, 6.07) is 23.3. The molecule has 4 rings (SSSR count). The van der Waals surface area contributed by atoms with Crippen LogP contribution in [0.25, 0.3) is 41.3 Å². The van der Waals surface area contributed by atoms with Crippen molar-refractivity contribution in [1.82, 2.24) is 0 Å². The van der Waals surface area contributed by atoms with Crippen LogP contribution in [0.4, 0.5) is 5.69 Å². The number of aliphatic carboxylic acids is 1. The van der Waals surface area contributed by atoms with Crippen molar-refractivity contribution in [3.05, 3.63) is 116 Å². The fraction of sp³-hybridized carbons (Fsp3) is 0.256. The van der Waals surface area contributed by atoms with E-state index in [1.165, 1.54) is 6.08 Å². The molecule has 4 aromatic rings. The lowest BCUT2D eigenvalue weighted by atomic mass is 10.0. The van der Waals surface area contributed by atoms with E-state index in [2.05, 4.69) is 37.8 Å². The minimum absolute atomic E-state index is 0.305. The average molecular weight is 601 g/mol. The molecule has 0 spiro atoms. The molecule has 0 atom stereocenters. The molecule has 0 aliphatic rings. The molecular weight excluding hydrogens is 560 g/mol. The number of aryl methyl sites for hydroxylation is 1. The maximum atomic E-state index is 13.2. The number of hydrogen-bond donors (Lipinski definition) is 1. The van der Waals surface area contributed by atoms with Gasteiger partial charge in [0, 0.05) is 30.2 Å². The van der Waals surface area contributed by atoms with E-state index < -0.39 is 5.97 Å². The maximum Gasteiger partial charge on any atom is 0.346 e. The van der Waals surface area contributed by atoms with Gasteiger partial charge in [-0.25, -0.2) is 9.59 Å². The topological polar surface area (TPSA) is 94.5 Å². The van der Waals surface area contributed by atoms with Gasteiger partial charge in [-0.3, -0.25) is 0 Å². The number of carboxylic acids is 1. The molecule has 0 unspecified atom stereocenters. The van der Waals surface area contributed by atoms with E-state index in [4.69, 9.17) is 14.8 Å². The van der Waals surface area contributed by atoms with Gasteiger partial charge >= 0.3 is 11.6 Å². The monoisotopic (exact) mass is 600 g/mol. The summed E-state index contributed by atoms with van der Waals surface area (Å²) >= 11 is 0. The van der Waals surface area contributed by atoms with Crippen LogP contribution in [0.2, 0.25) is 0 Å². The van der Waals surface area contributed by atoms with Gasteiger partial charge in [-0.2, -0.15) is 5.26 Å². The molecule has 1 N–H and O–H groups in total. The van der Waals surface area contributed by atoms with E-state index in [1.54, 1.807) is 18.2 Å². The smallest absolute Gasteiger partial charge is 0.346 e. The molecule has 1 heterocycles. The van der Waals surface area contributed by atoms with E-state index >= 15 is 0 Å². The summed E-state index contributed by atoms with van der Waals surface area (Å²) < 4.78 is 5.87. The quantitative estimate of drug-likeness (QED) is 0.0671. The third kappa shape index (κ3) is 8.70. The van der Waals surface area contributed by atoms with Crippen molar-refractivity contribution < 1.29 is 14.3 Å². The maximum absolute atomic E-state index is 13.2. The van der Waals surface area contributed by atoms with Gasteiger partial charge in [0.2, 0.25) is 0 Å². The van der Waals surface area contributed by atoms with Crippen molar-refractivity contribution in [2.24, 2.45) is 0 Å². The number of anilines is 1. The Kier molecular flexibility index (Phi) is 11.7. The Labute approximate surface area is 265 Å². The first-order valence-corrected chi connectivity index (χ1v) is 15.6. The average Bonchev–Trinajstić information content (AvgIpc) is 3.05. The minimum atomic E-state index is -1.24. The summed E-state index contributed by atoms with van der Waals surface area (Å²) in [5, 5.41) is 18.9. The van der Waals surface area contributed by atoms with Crippen LogP contribution in [-0.4, -0.2) is 24.2 Å². The van der Waals surface area contributed by atoms with Crippen LogP contribution in [0.5, 0.6) is 0 Å². The van der Waals surface area contributed by atoms with Gasteiger partial charge in [-0.05, 0) is 71.4 Å². The normalized spacial score (nSPS) is 11.8. The van der Waals surface area contributed by atoms with Crippen molar-refractivity contribution in [2.75, 3.05) is 18.0 Å². The lowest BCUT2D eigenvalue weighted by Gasteiger charge is -2.25. The summed E-state index contributed by atoms with van der Waals surface area (Å²) in [6.07, 6.45) is 14.3. The summed E-state index contributed by atoms with van der Waals surface area (Å²) in [7, 11) is 0. The van der Waals surface area contributed by atoms with Crippen molar-refractivity contribution >= 4 is 53.0 Å². The number of unbranched alkanes of at least 4 members (excludes halogenated alkanes) is 2. The van der Waals surface area contributed by atoms with E-state index in [9.17, 15) is 9.59 Å². The molecule has 0 radical (unpaired) electrons. The Balaban J connectivity index is 1.50. The minimum Gasteiger partial charge on any atom is -0.477 e. The fourth-order valence-corrected chi connectivity index (χ4v) is 5.18. The number of rotatable bonds is 14. The van der Waals surface area contributed by atoms with Crippen molar-refractivity contribution in [1.29, 1.82) is 5.26 Å². The molecule has 230 valence electrons. The van der Waals surface area contributed by atoms with Crippen LogP contribution in [0.3, 0.4) is 0 Å². The van der Waals surface area contributed by atoms with Crippen molar-refractivity contribution in [3.63, 3.8) is 0 Å². The Morgan fingerprint density at radius 2 is 1.36 bits per heavy atom. The van der Waals surface area contributed by atoms with E-state index in [0.717, 1.165) is 78.5 Å². The van der Waals surface area contributed by atoms with Crippen LogP contribution < -0.4 is 10.5 Å². The molecule has 0 saturated heterocycles. The van der Waals surface area contributed by atoms with Gasteiger partial charge in [0.15, 0.2) is 0 Å². The lowest BCUT2D eigenvalue weighted by molar-refractivity contribution is -0.132. The number of nitrogens with zero attached hydrogens (tertiary/aromatic N) is 2. The second-order valence-corrected chi connectivity index (χ2v) is 11.0. The third-order valence-electron chi connectivity index (χ3n) is 7.77. The summed E-state index contributed by atoms with van der Waals surface area (Å²) in [4.78, 5) is 26.6. The highest BCUT2D eigenvalue weighted by molar-refractivity contribution is 5.96. The van der Waals surface area contributed by atoms with Crippen molar-refractivity contribution in [2.45, 2.75) is 52.9 Å². The molecule has 6 nitrogen and oxygen atoms in total. The van der Waals surface area contributed by atoms with Gasteiger partial charge in [-0.15, -0.1) is 0 Å². The van der Waals surface area contributed by atoms with E-state index in [0.29, 0.717) is 16.7 Å². The summed E-state index contributed by atoms with van der Waals surface area (Å²) in [5.41, 5.74) is 6.26. The molecule has 0 aliphatic heterocycles. The van der Waals surface area contributed by atoms with Gasteiger partial charge in [-0.1, -0.05) is 100 Å². The molecule has 0 bridgehead atoms. The summed E-state index contributed by atoms with van der Waals surface area (Å²) in [6.45, 7) is 8.46. The number of benzene rings is 3. The first-order valence-electron chi connectivity index (χ1n) is 15.6. The van der Waals surface area contributed by atoms with Gasteiger partial charge in [0.05, 0.1) is 5.56 Å². The van der Waals surface area contributed by atoms with Crippen LogP contribution in [0, 0.1) is 11.3 Å². The molecule has 0 saturated carbocycles. The van der Waals surface area contributed by atoms with Crippen LogP contribution in [0.1, 0.15) is 79.8 Å². The highest BCUT2D eigenvalue weighted by Crippen LogP contribution is 2.27. The lowest BCUT2D eigenvalue weighted by Crippen LogP contribution is -2.25. The number of carboxylic acid groups (broad SMARTS) is 1. The van der Waals surface area contributed by atoms with Crippen LogP contribution in [0.15, 0.2) is 81.5 Å². The highest BCUT2D eigenvalue weighted by Gasteiger charge is 2.14. The zero-order valence-electron chi connectivity index (χ0n) is 26.3. The Morgan fingerprint density at radius 3 is 1.84 bits per heavy atom. The number of carbonyl (C=O) groups is 1. The molecule has 6 heteroatoms. The first kappa shape index (κ1) is 32.8. The third-order valence-corrected chi connectivity index (χ3v) is 7.77. The van der Waals surface area contributed by atoms with Gasteiger partial charge in [0.25, 0.3) is 0 Å². The van der Waals surface area contributed by atoms with E-state index in [-0.39, 0.29) is 11.2 Å². The number of nitriles is 1. The zero-order valence-corrected chi connectivity index (χ0v) is 26.3. The second kappa shape index (κ2) is 16.1. The van der Waals surface area contributed by atoms with Gasteiger partial charge < -0.3 is 14.4 Å². The Morgan fingerprint density at radius 1 is 0.822 bits per heavy atom. The second-order valence-electron chi connectivity index (χ2n) is 11.0. The number of hydrogen-bond acceptors (Lipinski definition) is 5. The molecule has 45 heavy (non-hydrogen) atoms. The predicted octanol–water partition coefficient (Wildman–Crippen LogP) is 9.09. The molecule has 0 amide bonds. The SMILES string of the molecule is CCCCN(CCCC)c1ccc2c(CC)c(/C=C/c3ccc(/C=C/c4ccc(C=C(C#N)C(=O)O)cc4)cc3)c(=O)oc2c1. The Hall–Kier alpha value is -5.15. The van der Waals surface area contributed by atoms with Crippen LogP contribution in [-0.2, 0) is 11.2 Å². The highest BCUT2D eigenvalue weighted by atomic mass is 16.4. The molecular formula is C39H40N2O4. The molecule has 0 aliphatic carbocycles. The molecule has 0 fully saturated rings. The first-order chi connectivity index (χ1) is 21.9. The molecule has 1 aromatic heterocycles.